The van der Waals surface area contributed by atoms with E-state index in [1.807, 2.05) is 0 Å². The van der Waals surface area contributed by atoms with Crippen LogP contribution in [0.5, 0.6) is 0 Å². The second-order valence-electron chi connectivity index (χ2n) is 3.60. The Kier molecular flexibility index (Phi) is 5.72. The molecular formula is C12H17ClN2O. The zero-order valence-electron chi connectivity index (χ0n) is 9.42. The first-order chi connectivity index (χ1) is 7.72. The molecule has 0 fully saturated rings. The highest BCUT2D eigenvalue weighted by atomic mass is 35.5. The molecule has 0 heterocycles. The second kappa shape index (κ2) is 7.12. The molecule has 2 amide bonds. The predicted octanol–water partition coefficient (Wildman–Crippen LogP) is 3.65. The number of carbonyl (C=O) groups is 1. The van der Waals surface area contributed by atoms with Crippen molar-refractivity contribution in [1.82, 2.24) is 5.32 Å². The van der Waals surface area contributed by atoms with Crippen LogP contribution in [0.2, 0.25) is 5.02 Å². The molecule has 0 spiro atoms. The predicted molar refractivity (Wildman–Crippen MR) is 68.0 cm³/mol. The van der Waals surface area contributed by atoms with Gasteiger partial charge in [0.15, 0.2) is 0 Å². The summed E-state index contributed by atoms with van der Waals surface area (Å²) in [6, 6.07) is 6.91. The van der Waals surface area contributed by atoms with E-state index >= 15 is 0 Å². The molecule has 0 saturated carbocycles. The lowest BCUT2D eigenvalue weighted by Crippen LogP contribution is -2.29. The van der Waals surface area contributed by atoms with Crippen LogP contribution >= 0.6 is 11.6 Å². The molecule has 0 aliphatic heterocycles. The van der Waals surface area contributed by atoms with Crippen LogP contribution in [0, 0.1) is 0 Å². The van der Waals surface area contributed by atoms with E-state index in [-0.39, 0.29) is 6.03 Å². The van der Waals surface area contributed by atoms with Crippen LogP contribution in [0.1, 0.15) is 26.2 Å². The van der Waals surface area contributed by atoms with E-state index in [4.69, 9.17) is 11.6 Å². The van der Waals surface area contributed by atoms with Gasteiger partial charge in [0.05, 0.1) is 0 Å². The fraction of sp³-hybridized carbons (Fsp3) is 0.417. The third-order valence-electron chi connectivity index (χ3n) is 2.15. The van der Waals surface area contributed by atoms with Gasteiger partial charge in [0.1, 0.15) is 0 Å². The standard InChI is InChI=1S/C12H17ClN2O/c1-2-3-4-8-14-12(16)15-11-7-5-6-10(13)9-11/h5-7,9H,2-4,8H2,1H3,(H2,14,15,16). The molecule has 0 bridgehead atoms. The molecule has 0 aliphatic carbocycles. The molecule has 1 rings (SSSR count). The number of hydrogen-bond donors (Lipinski definition) is 2. The Bertz CT molecular complexity index is 342. The molecule has 1 aromatic rings. The molecule has 0 saturated heterocycles. The minimum absolute atomic E-state index is 0.182. The highest BCUT2D eigenvalue weighted by Crippen LogP contribution is 2.14. The number of anilines is 1. The molecule has 88 valence electrons. The van der Waals surface area contributed by atoms with E-state index in [0.717, 1.165) is 19.3 Å². The van der Waals surface area contributed by atoms with Crippen molar-refractivity contribution < 1.29 is 4.79 Å². The third kappa shape index (κ3) is 5.03. The maximum Gasteiger partial charge on any atom is 0.319 e. The summed E-state index contributed by atoms with van der Waals surface area (Å²) < 4.78 is 0. The largest absolute Gasteiger partial charge is 0.338 e. The summed E-state index contributed by atoms with van der Waals surface area (Å²) >= 11 is 5.80. The molecule has 16 heavy (non-hydrogen) atoms. The molecule has 0 aromatic heterocycles. The SMILES string of the molecule is CCCCCNC(=O)Nc1cccc(Cl)c1. The molecule has 4 heteroatoms. The molecule has 0 aliphatic rings. The maximum absolute atomic E-state index is 11.4. The molecule has 0 unspecified atom stereocenters. The quantitative estimate of drug-likeness (QED) is 0.758. The minimum Gasteiger partial charge on any atom is -0.338 e. The highest BCUT2D eigenvalue weighted by Gasteiger charge is 2.00. The second-order valence-corrected chi connectivity index (χ2v) is 4.03. The zero-order valence-corrected chi connectivity index (χ0v) is 10.2. The van der Waals surface area contributed by atoms with E-state index in [1.165, 1.54) is 0 Å². The fourth-order valence-electron chi connectivity index (χ4n) is 1.32. The lowest BCUT2D eigenvalue weighted by Gasteiger charge is -2.07. The fourth-order valence-corrected chi connectivity index (χ4v) is 1.51. The smallest absolute Gasteiger partial charge is 0.319 e. The summed E-state index contributed by atoms with van der Waals surface area (Å²) in [7, 11) is 0. The maximum atomic E-state index is 11.4. The van der Waals surface area contributed by atoms with Crippen molar-refractivity contribution in [2.45, 2.75) is 26.2 Å². The monoisotopic (exact) mass is 240 g/mol. The van der Waals surface area contributed by atoms with Crippen molar-refractivity contribution in [3.8, 4) is 0 Å². The van der Waals surface area contributed by atoms with E-state index in [2.05, 4.69) is 17.6 Å². The molecular weight excluding hydrogens is 224 g/mol. The number of benzene rings is 1. The highest BCUT2D eigenvalue weighted by molar-refractivity contribution is 6.30. The Balaban J connectivity index is 2.29. The summed E-state index contributed by atoms with van der Waals surface area (Å²) in [5, 5.41) is 6.13. The Morgan fingerprint density at radius 2 is 2.19 bits per heavy atom. The average Bonchev–Trinajstić information content (AvgIpc) is 2.24. The molecule has 0 radical (unpaired) electrons. The van der Waals surface area contributed by atoms with E-state index in [0.29, 0.717) is 17.3 Å². The number of unbranched alkanes of at least 4 members (excludes halogenated alkanes) is 2. The topological polar surface area (TPSA) is 41.1 Å². The van der Waals surface area contributed by atoms with Gasteiger partial charge in [0, 0.05) is 17.3 Å². The van der Waals surface area contributed by atoms with Crippen molar-refractivity contribution in [3.05, 3.63) is 29.3 Å². The average molecular weight is 241 g/mol. The van der Waals surface area contributed by atoms with Crippen molar-refractivity contribution >= 4 is 23.3 Å². The number of nitrogens with one attached hydrogen (secondary N) is 2. The van der Waals surface area contributed by atoms with Gasteiger partial charge in [-0.05, 0) is 24.6 Å². The van der Waals surface area contributed by atoms with Gasteiger partial charge in [-0.3, -0.25) is 0 Å². The van der Waals surface area contributed by atoms with Crippen LogP contribution in [0.3, 0.4) is 0 Å². The number of carbonyl (C=O) groups excluding carboxylic acids is 1. The molecule has 0 atom stereocenters. The van der Waals surface area contributed by atoms with Crippen LogP contribution < -0.4 is 10.6 Å². The summed E-state index contributed by atoms with van der Waals surface area (Å²) in [4.78, 5) is 11.4. The van der Waals surface area contributed by atoms with E-state index in [9.17, 15) is 4.79 Å². The Morgan fingerprint density at radius 3 is 2.88 bits per heavy atom. The third-order valence-corrected chi connectivity index (χ3v) is 2.38. The van der Waals surface area contributed by atoms with Gasteiger partial charge >= 0.3 is 6.03 Å². The van der Waals surface area contributed by atoms with Gasteiger partial charge in [-0.2, -0.15) is 0 Å². The van der Waals surface area contributed by atoms with Crippen molar-refractivity contribution in [1.29, 1.82) is 0 Å². The van der Waals surface area contributed by atoms with E-state index < -0.39 is 0 Å². The van der Waals surface area contributed by atoms with Crippen molar-refractivity contribution in [2.24, 2.45) is 0 Å². The lowest BCUT2D eigenvalue weighted by atomic mass is 10.2. The molecule has 2 N–H and O–H groups in total. The molecule has 1 aromatic carbocycles. The first-order valence-electron chi connectivity index (χ1n) is 5.53. The Labute approximate surface area is 101 Å². The number of rotatable bonds is 5. The number of hydrogen-bond acceptors (Lipinski definition) is 1. The van der Waals surface area contributed by atoms with Crippen LogP contribution in [0.4, 0.5) is 10.5 Å². The lowest BCUT2D eigenvalue weighted by molar-refractivity contribution is 0.252. The van der Waals surface area contributed by atoms with Gasteiger partial charge in [0.2, 0.25) is 0 Å². The van der Waals surface area contributed by atoms with Crippen LogP contribution in [0.25, 0.3) is 0 Å². The normalized spacial score (nSPS) is 9.88. The number of urea groups is 1. The summed E-state index contributed by atoms with van der Waals surface area (Å²) in [5.74, 6) is 0. The van der Waals surface area contributed by atoms with Crippen LogP contribution in [-0.2, 0) is 0 Å². The Morgan fingerprint density at radius 1 is 1.38 bits per heavy atom. The minimum atomic E-state index is -0.182. The number of amides is 2. The van der Waals surface area contributed by atoms with Crippen LogP contribution in [-0.4, -0.2) is 12.6 Å². The van der Waals surface area contributed by atoms with E-state index in [1.54, 1.807) is 24.3 Å². The summed E-state index contributed by atoms with van der Waals surface area (Å²) in [6.45, 7) is 2.84. The number of halogens is 1. The van der Waals surface area contributed by atoms with Gasteiger partial charge in [-0.1, -0.05) is 37.4 Å². The zero-order chi connectivity index (χ0) is 11.8. The van der Waals surface area contributed by atoms with Gasteiger partial charge in [-0.15, -0.1) is 0 Å². The summed E-state index contributed by atoms with van der Waals surface area (Å²) in [6.07, 6.45) is 3.30. The van der Waals surface area contributed by atoms with Crippen molar-refractivity contribution in [2.75, 3.05) is 11.9 Å². The Hall–Kier alpha value is -1.22. The summed E-state index contributed by atoms with van der Waals surface area (Å²) in [5.41, 5.74) is 0.709. The molecule has 3 nitrogen and oxygen atoms in total. The van der Waals surface area contributed by atoms with Crippen molar-refractivity contribution in [3.63, 3.8) is 0 Å². The van der Waals surface area contributed by atoms with Crippen LogP contribution in [0.15, 0.2) is 24.3 Å². The van der Waals surface area contributed by atoms with Gasteiger partial charge < -0.3 is 10.6 Å². The van der Waals surface area contributed by atoms with Gasteiger partial charge in [0.25, 0.3) is 0 Å². The first-order valence-corrected chi connectivity index (χ1v) is 5.90. The van der Waals surface area contributed by atoms with Gasteiger partial charge in [-0.25, -0.2) is 4.79 Å². The first kappa shape index (κ1) is 12.8.